The summed E-state index contributed by atoms with van der Waals surface area (Å²) in [4.78, 5) is 0. The van der Waals surface area contributed by atoms with Crippen LogP contribution in [0.25, 0.3) is 33.4 Å². The molecule has 0 bridgehead atoms. The van der Waals surface area contributed by atoms with Gasteiger partial charge in [-0.2, -0.15) is 0 Å². The first-order valence-corrected chi connectivity index (χ1v) is 16.5. The third kappa shape index (κ3) is 4.14. The van der Waals surface area contributed by atoms with E-state index in [1.807, 2.05) is 0 Å². The van der Waals surface area contributed by atoms with Crippen LogP contribution in [0.1, 0.15) is 74.9 Å². The van der Waals surface area contributed by atoms with Crippen molar-refractivity contribution in [3.8, 4) is 33.4 Å². The normalized spacial score (nSPS) is 14.0. The average molecular weight is 596 g/mol. The molecule has 6 aromatic rings. The van der Waals surface area contributed by atoms with Crippen LogP contribution < -0.4 is 5.32 Å². The van der Waals surface area contributed by atoms with Crippen molar-refractivity contribution in [2.24, 2.45) is 0 Å². The smallest absolute Gasteiger partial charge is 0.0726 e. The van der Waals surface area contributed by atoms with Gasteiger partial charge in [0.1, 0.15) is 0 Å². The molecule has 0 saturated heterocycles. The molecule has 0 unspecified atom stereocenters. The summed E-state index contributed by atoms with van der Waals surface area (Å²) in [5, 5.41) is 3.94. The van der Waals surface area contributed by atoms with Crippen molar-refractivity contribution in [3.05, 3.63) is 167 Å². The molecule has 0 aromatic heterocycles. The number of para-hydroxylation sites is 1. The van der Waals surface area contributed by atoms with E-state index in [-0.39, 0.29) is 10.8 Å². The third-order valence-electron chi connectivity index (χ3n) is 10.2. The summed E-state index contributed by atoms with van der Waals surface area (Å²) in [6, 6.07) is 49.8. The Balaban J connectivity index is 1.43. The maximum atomic E-state index is 3.94. The highest BCUT2D eigenvalue weighted by atomic mass is 14.9. The summed E-state index contributed by atoms with van der Waals surface area (Å²) in [5.74, 6) is 0. The van der Waals surface area contributed by atoms with E-state index in [4.69, 9.17) is 0 Å². The van der Waals surface area contributed by atoms with E-state index in [1.54, 1.807) is 0 Å². The summed E-state index contributed by atoms with van der Waals surface area (Å²) in [5.41, 5.74) is 17.9. The molecule has 0 aliphatic heterocycles. The van der Waals surface area contributed by atoms with Gasteiger partial charge in [0.15, 0.2) is 0 Å². The molecule has 46 heavy (non-hydrogen) atoms. The first-order valence-electron chi connectivity index (χ1n) is 16.5. The molecular weight excluding hydrogens is 555 g/mol. The lowest BCUT2D eigenvalue weighted by molar-refractivity contribution is 0.586. The average Bonchev–Trinajstić information content (AvgIpc) is 3.52. The van der Waals surface area contributed by atoms with Crippen LogP contribution in [-0.2, 0) is 16.2 Å². The minimum atomic E-state index is -0.407. The van der Waals surface area contributed by atoms with Crippen LogP contribution in [-0.4, -0.2) is 0 Å². The highest BCUT2D eigenvalue weighted by Crippen LogP contribution is 2.64. The molecular formula is C45H41N. The Kier molecular flexibility index (Phi) is 6.25. The molecule has 226 valence electrons. The maximum Gasteiger partial charge on any atom is 0.0726 e. The second-order valence-corrected chi connectivity index (χ2v) is 15.1. The fourth-order valence-electron chi connectivity index (χ4n) is 7.88. The Morgan fingerprint density at radius 3 is 1.57 bits per heavy atom. The second kappa shape index (κ2) is 10.1. The van der Waals surface area contributed by atoms with Gasteiger partial charge in [-0.3, -0.25) is 0 Å². The molecule has 2 aliphatic carbocycles. The van der Waals surface area contributed by atoms with Crippen LogP contribution >= 0.6 is 0 Å². The van der Waals surface area contributed by atoms with Gasteiger partial charge in [-0.1, -0.05) is 163 Å². The van der Waals surface area contributed by atoms with Crippen LogP contribution in [0.4, 0.5) is 11.4 Å². The quantitative estimate of drug-likeness (QED) is 0.214. The van der Waals surface area contributed by atoms with Crippen molar-refractivity contribution in [2.75, 3.05) is 5.32 Å². The highest BCUT2D eigenvalue weighted by Gasteiger charge is 2.52. The lowest BCUT2D eigenvalue weighted by Crippen LogP contribution is -2.27. The summed E-state index contributed by atoms with van der Waals surface area (Å²) in [6.45, 7) is 13.9. The molecule has 0 fully saturated rings. The zero-order chi connectivity index (χ0) is 31.8. The Morgan fingerprint density at radius 2 is 0.935 bits per heavy atom. The standard InChI is InChI=1S/C45H41N/c1-43(2,3)30-23-25-33-34-26-24-31(44(4,5)6)28-39(34)45(38(33)27-30)36-19-12-10-18-35(36)42-37(45)20-14-22-41(42)46-40-21-13-11-17-32(40)29-15-8-7-9-16-29/h7-28,46H,1-6H3. The minimum absolute atomic E-state index is 0.0348. The SMILES string of the molecule is CC(C)(C)c1ccc2c(c1)C1(c3cc(C(C)(C)C)ccc3-2)c2ccccc2-c2c(Nc3ccccc3-c3ccccc3)cccc21. The lowest BCUT2D eigenvalue weighted by atomic mass is 9.69. The first-order chi connectivity index (χ1) is 22.1. The summed E-state index contributed by atoms with van der Waals surface area (Å²) in [6.07, 6.45) is 0. The molecule has 6 aromatic carbocycles. The van der Waals surface area contributed by atoms with E-state index in [9.17, 15) is 0 Å². The number of rotatable bonds is 3. The number of hydrogen-bond donors (Lipinski definition) is 1. The summed E-state index contributed by atoms with van der Waals surface area (Å²) >= 11 is 0. The van der Waals surface area contributed by atoms with E-state index < -0.39 is 5.41 Å². The molecule has 0 amide bonds. The van der Waals surface area contributed by atoms with Gasteiger partial charge in [-0.15, -0.1) is 0 Å². The fraction of sp³-hybridized carbons (Fsp3) is 0.200. The molecule has 0 saturated carbocycles. The van der Waals surface area contributed by atoms with Crippen molar-refractivity contribution in [1.29, 1.82) is 0 Å². The molecule has 2 aliphatic rings. The van der Waals surface area contributed by atoms with E-state index in [1.165, 1.54) is 66.8 Å². The lowest BCUT2D eigenvalue weighted by Gasteiger charge is -2.33. The van der Waals surface area contributed by atoms with Crippen LogP contribution in [0.5, 0.6) is 0 Å². The van der Waals surface area contributed by atoms with Gasteiger partial charge in [-0.05, 0) is 78.6 Å². The Morgan fingerprint density at radius 1 is 0.413 bits per heavy atom. The van der Waals surface area contributed by atoms with Crippen LogP contribution in [0, 0.1) is 0 Å². The number of fused-ring (bicyclic) bond motifs is 10. The van der Waals surface area contributed by atoms with Crippen molar-refractivity contribution in [3.63, 3.8) is 0 Å². The van der Waals surface area contributed by atoms with Crippen molar-refractivity contribution < 1.29 is 0 Å². The van der Waals surface area contributed by atoms with Crippen molar-refractivity contribution >= 4 is 11.4 Å². The zero-order valence-corrected chi connectivity index (χ0v) is 27.7. The number of hydrogen-bond acceptors (Lipinski definition) is 1. The predicted octanol–water partition coefficient (Wildman–Crippen LogP) is 12.0. The van der Waals surface area contributed by atoms with E-state index in [0.717, 1.165) is 11.4 Å². The van der Waals surface area contributed by atoms with E-state index in [0.29, 0.717) is 0 Å². The Hall–Kier alpha value is -4.88. The molecule has 0 heterocycles. The monoisotopic (exact) mass is 595 g/mol. The summed E-state index contributed by atoms with van der Waals surface area (Å²) in [7, 11) is 0. The molecule has 1 spiro atoms. The predicted molar refractivity (Wildman–Crippen MR) is 195 cm³/mol. The second-order valence-electron chi connectivity index (χ2n) is 15.1. The van der Waals surface area contributed by atoms with Gasteiger partial charge in [0.05, 0.1) is 5.41 Å². The number of benzene rings is 6. The van der Waals surface area contributed by atoms with Gasteiger partial charge in [0.2, 0.25) is 0 Å². The number of anilines is 2. The highest BCUT2D eigenvalue weighted by molar-refractivity contribution is 6.00. The molecule has 8 rings (SSSR count). The maximum absolute atomic E-state index is 3.94. The Labute approximate surface area is 274 Å². The van der Waals surface area contributed by atoms with Crippen molar-refractivity contribution in [1.82, 2.24) is 0 Å². The molecule has 1 N–H and O–H groups in total. The van der Waals surface area contributed by atoms with Gasteiger partial charge < -0.3 is 5.32 Å². The van der Waals surface area contributed by atoms with E-state index in [2.05, 4.69) is 180 Å². The Bertz CT molecular complexity index is 2070. The van der Waals surface area contributed by atoms with Crippen LogP contribution in [0.2, 0.25) is 0 Å². The topological polar surface area (TPSA) is 12.0 Å². The van der Waals surface area contributed by atoms with Gasteiger partial charge in [0.25, 0.3) is 0 Å². The first kappa shape index (κ1) is 28.6. The molecule has 0 atom stereocenters. The van der Waals surface area contributed by atoms with Gasteiger partial charge in [-0.25, -0.2) is 0 Å². The molecule has 1 nitrogen and oxygen atoms in total. The van der Waals surface area contributed by atoms with Gasteiger partial charge >= 0.3 is 0 Å². The minimum Gasteiger partial charge on any atom is -0.355 e. The third-order valence-corrected chi connectivity index (χ3v) is 10.2. The van der Waals surface area contributed by atoms with Crippen molar-refractivity contribution in [2.45, 2.75) is 57.8 Å². The largest absolute Gasteiger partial charge is 0.355 e. The van der Waals surface area contributed by atoms with Crippen LogP contribution in [0.15, 0.2) is 133 Å². The summed E-state index contributed by atoms with van der Waals surface area (Å²) < 4.78 is 0. The van der Waals surface area contributed by atoms with Gasteiger partial charge in [0, 0.05) is 22.5 Å². The van der Waals surface area contributed by atoms with Crippen LogP contribution in [0.3, 0.4) is 0 Å². The molecule has 0 radical (unpaired) electrons. The number of nitrogens with one attached hydrogen (secondary N) is 1. The molecule has 1 heteroatoms. The van der Waals surface area contributed by atoms with E-state index >= 15 is 0 Å². The fourth-order valence-corrected chi connectivity index (χ4v) is 7.88. The zero-order valence-electron chi connectivity index (χ0n) is 27.7.